The molecule has 32 heavy (non-hydrogen) atoms. The summed E-state index contributed by atoms with van der Waals surface area (Å²) in [5.74, 6) is 1.29. The first-order chi connectivity index (χ1) is 15.3. The zero-order valence-corrected chi connectivity index (χ0v) is 20.1. The third kappa shape index (κ3) is 4.66. The Morgan fingerprint density at radius 3 is 2.31 bits per heavy atom. The summed E-state index contributed by atoms with van der Waals surface area (Å²) in [5.41, 5.74) is 7.59. The number of allylic oxidation sites excluding steroid dienone is 1. The fraction of sp³-hybridized carbons (Fsp3) is 0.393. The molecule has 0 saturated carbocycles. The molecule has 4 rings (SSSR count). The number of rotatable bonds is 6. The number of hydrogen-bond acceptors (Lipinski definition) is 3. The highest BCUT2D eigenvalue weighted by Gasteiger charge is 2.26. The lowest BCUT2D eigenvalue weighted by atomic mass is 9.87. The molecule has 4 heteroatoms. The zero-order valence-electron chi connectivity index (χ0n) is 20.1. The maximum absolute atomic E-state index is 5.25. The van der Waals surface area contributed by atoms with Gasteiger partial charge in [0.25, 0.3) is 0 Å². The number of nitrogens with one attached hydrogen (secondary N) is 1. The molecule has 2 atom stereocenters. The van der Waals surface area contributed by atoms with Gasteiger partial charge in [0.2, 0.25) is 0 Å². The van der Waals surface area contributed by atoms with E-state index in [1.54, 1.807) is 7.11 Å². The van der Waals surface area contributed by atoms with Crippen LogP contribution in [0, 0.1) is 13.8 Å². The van der Waals surface area contributed by atoms with Crippen LogP contribution in [0.4, 0.5) is 0 Å². The molecule has 0 saturated heterocycles. The van der Waals surface area contributed by atoms with Gasteiger partial charge in [0.15, 0.2) is 0 Å². The van der Waals surface area contributed by atoms with E-state index in [1.165, 1.54) is 22.4 Å². The number of nitrogens with zero attached hydrogens (tertiary/aromatic N) is 2. The topological polar surface area (TPSA) is 39.1 Å². The Morgan fingerprint density at radius 1 is 1.00 bits per heavy atom. The molecule has 4 nitrogen and oxygen atoms in total. The van der Waals surface area contributed by atoms with Crippen molar-refractivity contribution in [1.29, 1.82) is 0 Å². The molecular weight excluding hydrogens is 394 g/mol. The maximum Gasteiger partial charge on any atom is 0.118 e. The molecule has 0 spiro atoms. The number of ether oxygens (including phenoxy) is 1. The first-order valence-corrected chi connectivity index (χ1v) is 11.5. The van der Waals surface area contributed by atoms with Crippen molar-refractivity contribution in [2.45, 2.75) is 65.0 Å². The smallest absolute Gasteiger partial charge is 0.118 e. The predicted molar refractivity (Wildman–Crippen MR) is 132 cm³/mol. The van der Waals surface area contributed by atoms with Gasteiger partial charge in [-0.15, -0.1) is 0 Å². The highest BCUT2D eigenvalue weighted by molar-refractivity contribution is 5.43. The second kappa shape index (κ2) is 8.95. The van der Waals surface area contributed by atoms with Crippen LogP contribution in [0.15, 0.2) is 60.7 Å². The van der Waals surface area contributed by atoms with Crippen molar-refractivity contribution >= 4 is 0 Å². The standard InChI is InChI=1S/C28H35N3O/c1-19-27(20(2)31(30-19)25-13-10-23(11-14-25)28(3,4)5)22-9-12-24(17-22)29-18-21-7-15-26(32-6)16-8-21/h7-16,22,24,29H,17-18H2,1-6H3. The molecule has 2 aromatic carbocycles. The number of methoxy groups -OCH3 is 1. The minimum atomic E-state index is 0.154. The molecule has 3 aromatic rings. The van der Waals surface area contributed by atoms with Crippen LogP contribution in [0.2, 0.25) is 0 Å². The van der Waals surface area contributed by atoms with Gasteiger partial charge in [-0.05, 0) is 61.1 Å². The van der Waals surface area contributed by atoms with Crippen molar-refractivity contribution in [2.24, 2.45) is 0 Å². The Labute approximate surface area is 192 Å². The van der Waals surface area contributed by atoms with Crippen LogP contribution < -0.4 is 10.1 Å². The van der Waals surface area contributed by atoms with E-state index in [-0.39, 0.29) is 5.41 Å². The van der Waals surface area contributed by atoms with Gasteiger partial charge in [-0.2, -0.15) is 5.10 Å². The lowest BCUT2D eigenvalue weighted by Gasteiger charge is -2.19. The van der Waals surface area contributed by atoms with Crippen molar-refractivity contribution in [3.05, 3.63) is 88.8 Å². The number of hydrogen-bond donors (Lipinski definition) is 1. The number of aryl methyl sites for hydroxylation is 1. The molecule has 1 N–H and O–H groups in total. The molecule has 0 bridgehead atoms. The van der Waals surface area contributed by atoms with Crippen LogP contribution in [-0.4, -0.2) is 22.9 Å². The van der Waals surface area contributed by atoms with E-state index in [0.717, 1.165) is 30.1 Å². The predicted octanol–water partition coefficient (Wildman–Crippen LogP) is 6.00. The van der Waals surface area contributed by atoms with E-state index in [9.17, 15) is 0 Å². The molecular formula is C28H35N3O. The average molecular weight is 430 g/mol. The van der Waals surface area contributed by atoms with Gasteiger partial charge in [0, 0.05) is 29.8 Å². The van der Waals surface area contributed by atoms with E-state index < -0.39 is 0 Å². The lowest BCUT2D eigenvalue weighted by Crippen LogP contribution is -2.25. The van der Waals surface area contributed by atoms with Crippen molar-refractivity contribution in [3.63, 3.8) is 0 Å². The second-order valence-electron chi connectivity index (χ2n) is 9.86. The molecule has 1 aromatic heterocycles. The minimum absolute atomic E-state index is 0.154. The van der Waals surface area contributed by atoms with Gasteiger partial charge < -0.3 is 10.1 Å². The summed E-state index contributed by atoms with van der Waals surface area (Å²) < 4.78 is 7.35. The number of aromatic nitrogens is 2. The van der Waals surface area contributed by atoms with Crippen LogP contribution >= 0.6 is 0 Å². The van der Waals surface area contributed by atoms with Gasteiger partial charge in [0.1, 0.15) is 5.75 Å². The third-order valence-electron chi connectivity index (χ3n) is 6.51. The van der Waals surface area contributed by atoms with Crippen LogP contribution in [0.1, 0.15) is 61.2 Å². The summed E-state index contributed by atoms with van der Waals surface area (Å²) in [4.78, 5) is 0. The SMILES string of the molecule is COc1ccc(CNC2C=CC(c3c(C)nn(-c4ccc(C(C)(C)C)cc4)c3C)C2)cc1. The lowest BCUT2D eigenvalue weighted by molar-refractivity contribution is 0.414. The Balaban J connectivity index is 1.44. The van der Waals surface area contributed by atoms with E-state index in [1.807, 2.05) is 12.1 Å². The second-order valence-corrected chi connectivity index (χ2v) is 9.86. The quantitative estimate of drug-likeness (QED) is 0.489. The van der Waals surface area contributed by atoms with Crippen molar-refractivity contribution in [3.8, 4) is 11.4 Å². The zero-order chi connectivity index (χ0) is 22.9. The average Bonchev–Trinajstić information content (AvgIpc) is 3.35. The molecule has 2 unspecified atom stereocenters. The monoisotopic (exact) mass is 429 g/mol. The van der Waals surface area contributed by atoms with Gasteiger partial charge in [0.05, 0.1) is 18.5 Å². The Morgan fingerprint density at radius 2 is 1.69 bits per heavy atom. The van der Waals surface area contributed by atoms with Crippen LogP contribution in [0.5, 0.6) is 5.75 Å². The number of benzene rings is 2. The molecule has 1 heterocycles. The highest BCUT2D eigenvalue weighted by Crippen LogP contribution is 2.34. The molecule has 1 aliphatic rings. The summed E-state index contributed by atoms with van der Waals surface area (Å²) in [7, 11) is 1.70. The van der Waals surface area contributed by atoms with Gasteiger partial charge in [-0.3, -0.25) is 0 Å². The molecule has 168 valence electrons. The molecule has 0 aliphatic heterocycles. The fourth-order valence-electron chi connectivity index (χ4n) is 4.60. The molecule has 0 fully saturated rings. The van der Waals surface area contributed by atoms with Crippen LogP contribution in [0.25, 0.3) is 5.69 Å². The van der Waals surface area contributed by atoms with Gasteiger partial charge >= 0.3 is 0 Å². The molecule has 1 aliphatic carbocycles. The molecule has 0 radical (unpaired) electrons. The van der Waals surface area contributed by atoms with E-state index in [4.69, 9.17) is 9.84 Å². The van der Waals surface area contributed by atoms with Crippen molar-refractivity contribution in [2.75, 3.05) is 7.11 Å². The van der Waals surface area contributed by atoms with E-state index in [2.05, 4.69) is 93.2 Å². The summed E-state index contributed by atoms with van der Waals surface area (Å²) in [5, 5.41) is 8.58. The molecule has 0 amide bonds. The largest absolute Gasteiger partial charge is 0.497 e. The normalized spacial score (nSPS) is 18.3. The Bertz CT molecular complexity index is 1090. The summed E-state index contributed by atoms with van der Waals surface area (Å²) >= 11 is 0. The van der Waals surface area contributed by atoms with Crippen LogP contribution in [0.3, 0.4) is 0 Å². The summed E-state index contributed by atoms with van der Waals surface area (Å²) in [6.45, 7) is 11.9. The van der Waals surface area contributed by atoms with E-state index in [0.29, 0.717) is 12.0 Å². The van der Waals surface area contributed by atoms with Crippen molar-refractivity contribution < 1.29 is 4.74 Å². The third-order valence-corrected chi connectivity index (χ3v) is 6.51. The first kappa shape index (κ1) is 22.3. The van der Waals surface area contributed by atoms with Gasteiger partial charge in [-0.1, -0.05) is 57.2 Å². The van der Waals surface area contributed by atoms with Crippen molar-refractivity contribution in [1.82, 2.24) is 15.1 Å². The van der Waals surface area contributed by atoms with E-state index >= 15 is 0 Å². The van der Waals surface area contributed by atoms with Gasteiger partial charge in [-0.25, -0.2) is 4.68 Å². The Hall–Kier alpha value is -2.85. The highest BCUT2D eigenvalue weighted by atomic mass is 16.5. The van der Waals surface area contributed by atoms with Crippen LogP contribution in [-0.2, 0) is 12.0 Å². The fourth-order valence-corrected chi connectivity index (χ4v) is 4.60. The summed E-state index contributed by atoms with van der Waals surface area (Å²) in [6.07, 6.45) is 5.71. The maximum atomic E-state index is 5.25. The summed E-state index contributed by atoms with van der Waals surface area (Å²) in [6, 6.07) is 17.5. The Kier molecular flexibility index (Phi) is 6.25. The first-order valence-electron chi connectivity index (χ1n) is 11.5. The minimum Gasteiger partial charge on any atom is -0.497 e.